The van der Waals surface area contributed by atoms with Crippen molar-refractivity contribution in [2.45, 2.75) is 25.6 Å². The largest absolute Gasteiger partial charge is 0.497 e. The van der Waals surface area contributed by atoms with E-state index in [0.717, 1.165) is 16.0 Å². The minimum absolute atomic E-state index is 0.0395. The Morgan fingerprint density at radius 2 is 1.76 bits per heavy atom. The number of hydrogen-bond acceptors (Lipinski definition) is 10. The van der Waals surface area contributed by atoms with E-state index in [-0.39, 0.29) is 12.4 Å². The molecule has 2 unspecified atom stereocenters. The molecular formula is C22H20N6O5. The van der Waals surface area contributed by atoms with Gasteiger partial charge in [-0.2, -0.15) is 10.1 Å². The molecule has 3 heterocycles. The molecule has 0 spiro atoms. The van der Waals surface area contributed by atoms with Gasteiger partial charge in [0.15, 0.2) is 12.1 Å². The van der Waals surface area contributed by atoms with Gasteiger partial charge in [0, 0.05) is 23.8 Å². The van der Waals surface area contributed by atoms with E-state index in [1.165, 1.54) is 19.2 Å². The van der Waals surface area contributed by atoms with Crippen LogP contribution in [0.25, 0.3) is 11.4 Å². The van der Waals surface area contributed by atoms with Crippen molar-refractivity contribution in [2.75, 3.05) is 19.1 Å². The van der Waals surface area contributed by atoms with Gasteiger partial charge >= 0.3 is 0 Å². The molecule has 0 N–H and O–H groups in total. The maximum Gasteiger partial charge on any atom is 0.263 e. The Hall–Kier alpha value is -4.28. The van der Waals surface area contributed by atoms with Crippen molar-refractivity contribution in [2.24, 2.45) is 10.3 Å². The zero-order valence-corrected chi connectivity index (χ0v) is 18.1. The van der Waals surface area contributed by atoms with E-state index in [1.54, 1.807) is 18.2 Å². The van der Waals surface area contributed by atoms with Gasteiger partial charge in [-0.25, -0.2) is 4.90 Å². The van der Waals surface area contributed by atoms with Gasteiger partial charge in [0.2, 0.25) is 11.7 Å². The number of aromatic nitrogens is 2. The van der Waals surface area contributed by atoms with Crippen molar-refractivity contribution in [3.8, 4) is 22.9 Å². The normalized spacial score (nSPS) is 19.4. The zero-order valence-electron chi connectivity index (χ0n) is 18.1. The monoisotopic (exact) mass is 448 g/mol. The lowest BCUT2D eigenvalue weighted by molar-refractivity contribution is -0.123. The van der Waals surface area contributed by atoms with Crippen LogP contribution in [0.4, 0.5) is 5.69 Å². The van der Waals surface area contributed by atoms with Crippen LogP contribution in [0.3, 0.4) is 0 Å². The fourth-order valence-corrected chi connectivity index (χ4v) is 3.92. The lowest BCUT2D eigenvalue weighted by Gasteiger charge is -2.20. The quantitative estimate of drug-likeness (QED) is 0.527. The topological polar surface area (TPSA) is 123 Å². The molecule has 2 atom stereocenters. The van der Waals surface area contributed by atoms with Crippen molar-refractivity contribution >= 4 is 17.5 Å². The molecule has 0 bridgehead atoms. The summed E-state index contributed by atoms with van der Waals surface area (Å²) in [6, 6.07) is 10.7. The number of fused-ring (bicyclic) bond motifs is 1. The number of anilines is 1. The molecule has 0 radical (unpaired) electrons. The molecule has 0 aliphatic carbocycles. The number of nitrogens with zero attached hydrogens (tertiary/aromatic N) is 6. The molecule has 1 saturated heterocycles. The van der Waals surface area contributed by atoms with Crippen molar-refractivity contribution in [3.05, 3.63) is 53.9 Å². The van der Waals surface area contributed by atoms with Crippen molar-refractivity contribution in [3.63, 3.8) is 0 Å². The van der Waals surface area contributed by atoms with E-state index >= 15 is 0 Å². The van der Waals surface area contributed by atoms with Crippen LogP contribution in [0, 0.1) is 6.92 Å². The number of ether oxygens (including phenoxy) is 2. The summed E-state index contributed by atoms with van der Waals surface area (Å²) >= 11 is 0. The Bertz CT molecular complexity index is 1250. The minimum atomic E-state index is -0.951. The summed E-state index contributed by atoms with van der Waals surface area (Å²) in [7, 11) is 2.99. The number of carbonyl (C=O) groups is 2. The maximum absolute atomic E-state index is 13.3. The van der Waals surface area contributed by atoms with Gasteiger partial charge in [0.25, 0.3) is 11.8 Å². The lowest BCUT2D eigenvalue weighted by Crippen LogP contribution is -2.39. The van der Waals surface area contributed by atoms with Gasteiger partial charge in [-0.3, -0.25) is 14.6 Å². The van der Waals surface area contributed by atoms with Gasteiger partial charge < -0.3 is 14.0 Å². The Balaban J connectivity index is 1.39. The Labute approximate surface area is 188 Å². The summed E-state index contributed by atoms with van der Waals surface area (Å²) in [6.07, 6.45) is 0. The Morgan fingerprint density at radius 3 is 2.45 bits per heavy atom. The first-order valence-corrected chi connectivity index (χ1v) is 10.2. The number of methoxy groups -OCH3 is 2. The molecule has 5 rings (SSSR count). The van der Waals surface area contributed by atoms with Crippen LogP contribution in [0.15, 0.2) is 57.3 Å². The second-order valence-electron chi connectivity index (χ2n) is 7.60. The first-order chi connectivity index (χ1) is 16.0. The minimum Gasteiger partial charge on any atom is -0.497 e. The van der Waals surface area contributed by atoms with Crippen LogP contribution in [0.1, 0.15) is 11.5 Å². The summed E-state index contributed by atoms with van der Waals surface area (Å²) in [6.45, 7) is 1.99. The molecule has 2 aromatic carbocycles. The molecule has 168 valence electrons. The highest BCUT2D eigenvalue weighted by Crippen LogP contribution is 2.36. The first kappa shape index (κ1) is 20.6. The summed E-state index contributed by atoms with van der Waals surface area (Å²) < 4.78 is 15.9. The predicted molar refractivity (Wildman–Crippen MR) is 114 cm³/mol. The van der Waals surface area contributed by atoms with E-state index in [1.807, 2.05) is 31.2 Å². The number of carbonyl (C=O) groups excluding carboxylic acids is 2. The molecule has 0 saturated carbocycles. The second-order valence-corrected chi connectivity index (χ2v) is 7.60. The highest BCUT2D eigenvalue weighted by atomic mass is 16.5. The summed E-state index contributed by atoms with van der Waals surface area (Å²) in [5.41, 5.74) is 2.19. The van der Waals surface area contributed by atoms with E-state index in [9.17, 15) is 9.59 Å². The second kappa shape index (κ2) is 8.01. The third kappa shape index (κ3) is 3.47. The van der Waals surface area contributed by atoms with E-state index in [0.29, 0.717) is 23.0 Å². The Kier molecular flexibility index (Phi) is 5.00. The van der Waals surface area contributed by atoms with Crippen LogP contribution in [-0.4, -0.2) is 53.3 Å². The molecule has 1 fully saturated rings. The number of amides is 2. The highest BCUT2D eigenvalue weighted by molar-refractivity contribution is 6.25. The molecule has 2 amide bonds. The molecule has 2 aliphatic heterocycles. The molecule has 1 aromatic heterocycles. The third-order valence-electron chi connectivity index (χ3n) is 5.60. The van der Waals surface area contributed by atoms with Gasteiger partial charge in [0.05, 0.1) is 19.9 Å². The third-order valence-corrected chi connectivity index (χ3v) is 5.60. The van der Waals surface area contributed by atoms with Crippen molar-refractivity contribution in [1.82, 2.24) is 15.1 Å². The molecule has 11 heteroatoms. The first-order valence-electron chi connectivity index (χ1n) is 10.2. The standard InChI is InChI=1S/C22H20N6O5/c1-12-6-4-5-7-16(12)20-23-17(33-25-20)11-27-19-18(24-26-27)21(29)28(22(19)30)13-8-14(31-2)10-15(9-13)32-3/h4-10,18-19H,11H2,1-3H3. The fourth-order valence-electron chi connectivity index (χ4n) is 3.92. The SMILES string of the molecule is COc1cc(OC)cc(N2C(=O)C3N=NN(Cc4nc(-c5ccccc5C)no4)C3C2=O)c1. The van der Waals surface area contributed by atoms with Crippen LogP contribution in [-0.2, 0) is 16.1 Å². The average Bonchev–Trinajstić information content (AvgIpc) is 3.52. The number of benzene rings is 2. The predicted octanol–water partition coefficient (Wildman–Crippen LogP) is 2.56. The average molecular weight is 448 g/mol. The smallest absolute Gasteiger partial charge is 0.263 e. The van der Waals surface area contributed by atoms with Crippen LogP contribution >= 0.6 is 0 Å². The van der Waals surface area contributed by atoms with Gasteiger partial charge in [-0.1, -0.05) is 34.6 Å². The Morgan fingerprint density at radius 1 is 1.03 bits per heavy atom. The van der Waals surface area contributed by atoms with Crippen molar-refractivity contribution in [1.29, 1.82) is 0 Å². The van der Waals surface area contributed by atoms with E-state index in [2.05, 4.69) is 20.5 Å². The molecule has 2 aliphatic rings. The lowest BCUT2D eigenvalue weighted by atomic mass is 10.1. The fraction of sp³-hybridized carbons (Fsp3) is 0.273. The number of imide groups is 1. The number of aryl methyl sites for hydroxylation is 1. The van der Waals surface area contributed by atoms with E-state index in [4.69, 9.17) is 14.0 Å². The molecule has 11 nitrogen and oxygen atoms in total. The zero-order chi connectivity index (χ0) is 23.1. The number of hydrogen-bond donors (Lipinski definition) is 0. The van der Waals surface area contributed by atoms with Crippen LogP contribution in [0.2, 0.25) is 0 Å². The molecule has 3 aromatic rings. The van der Waals surface area contributed by atoms with Gasteiger partial charge in [0.1, 0.15) is 18.0 Å². The molecule has 33 heavy (non-hydrogen) atoms. The van der Waals surface area contributed by atoms with Crippen molar-refractivity contribution < 1.29 is 23.6 Å². The van der Waals surface area contributed by atoms with Gasteiger partial charge in [-0.15, -0.1) is 0 Å². The van der Waals surface area contributed by atoms with Crippen LogP contribution in [0.5, 0.6) is 11.5 Å². The summed E-state index contributed by atoms with van der Waals surface area (Å²) in [4.78, 5) is 31.8. The highest BCUT2D eigenvalue weighted by Gasteiger charge is 2.55. The summed E-state index contributed by atoms with van der Waals surface area (Å²) in [5, 5.41) is 13.5. The van der Waals surface area contributed by atoms with Gasteiger partial charge in [-0.05, 0) is 12.5 Å². The van der Waals surface area contributed by atoms with E-state index < -0.39 is 23.9 Å². The number of rotatable bonds is 6. The van der Waals surface area contributed by atoms with Crippen LogP contribution < -0.4 is 14.4 Å². The summed E-state index contributed by atoms with van der Waals surface area (Å²) in [5.74, 6) is 0.677. The maximum atomic E-state index is 13.3. The molecular weight excluding hydrogens is 428 g/mol.